The third-order valence-electron chi connectivity index (χ3n) is 14.5. The van der Waals surface area contributed by atoms with Crippen molar-refractivity contribution in [1.29, 1.82) is 0 Å². The predicted molar refractivity (Wildman–Crippen MR) is 304 cm³/mol. The van der Waals surface area contributed by atoms with Crippen molar-refractivity contribution in [2.75, 3.05) is 9.80 Å². The molecule has 2 aromatic heterocycles. The summed E-state index contributed by atoms with van der Waals surface area (Å²) in [5, 5.41) is 8.70. The lowest BCUT2D eigenvalue weighted by Crippen LogP contribution is -2.12. The van der Waals surface area contributed by atoms with E-state index in [0.717, 1.165) is 99.5 Å². The number of hydrogen-bond acceptors (Lipinski definition) is 4. The van der Waals surface area contributed by atoms with Crippen molar-refractivity contribution in [3.63, 3.8) is 0 Å². The summed E-state index contributed by atoms with van der Waals surface area (Å²) in [6.45, 7) is 9.04. The van der Waals surface area contributed by atoms with Crippen LogP contribution in [0.4, 0.5) is 34.1 Å². The number of nitrogens with zero attached hydrogens (tertiary/aromatic N) is 2. The fourth-order valence-electron chi connectivity index (χ4n) is 10.7. The van der Waals surface area contributed by atoms with Crippen LogP contribution in [0.25, 0.3) is 87.7 Å². The molecule has 2 heterocycles. The molecular formula is C68H52N2O2. The molecule has 72 heavy (non-hydrogen) atoms. The number of fused-ring (bicyclic) bond motifs is 8. The Kier molecular flexibility index (Phi) is 10.5. The minimum Gasteiger partial charge on any atom is -0.456 e. The van der Waals surface area contributed by atoms with E-state index in [-0.39, 0.29) is 0 Å². The van der Waals surface area contributed by atoms with Crippen molar-refractivity contribution in [2.45, 2.75) is 39.5 Å². The highest BCUT2D eigenvalue weighted by Crippen LogP contribution is 2.47. The molecule has 13 aromatic rings. The molecule has 346 valence electrons. The van der Waals surface area contributed by atoms with Crippen LogP contribution >= 0.6 is 0 Å². The molecule has 0 unspecified atom stereocenters. The normalized spacial score (nSPS) is 11.9. The van der Waals surface area contributed by atoms with E-state index in [9.17, 15) is 0 Å². The van der Waals surface area contributed by atoms with Gasteiger partial charge in [0.25, 0.3) is 0 Å². The number of rotatable bonds is 10. The van der Waals surface area contributed by atoms with Crippen molar-refractivity contribution < 1.29 is 8.83 Å². The molecule has 0 aliphatic rings. The topological polar surface area (TPSA) is 32.8 Å². The van der Waals surface area contributed by atoms with Crippen LogP contribution in [0, 0.1) is 0 Å². The van der Waals surface area contributed by atoms with Gasteiger partial charge in [-0.1, -0.05) is 161 Å². The average molecular weight is 929 g/mol. The van der Waals surface area contributed by atoms with E-state index in [1.165, 1.54) is 33.4 Å². The van der Waals surface area contributed by atoms with E-state index < -0.39 is 0 Å². The van der Waals surface area contributed by atoms with Crippen LogP contribution in [0.15, 0.2) is 239 Å². The Morgan fingerprint density at radius 3 is 1.04 bits per heavy atom. The zero-order valence-corrected chi connectivity index (χ0v) is 40.8. The van der Waals surface area contributed by atoms with E-state index in [1.807, 2.05) is 0 Å². The molecular weight excluding hydrogens is 877 g/mol. The average Bonchev–Trinajstić information content (AvgIpc) is 3.95. The van der Waals surface area contributed by atoms with Gasteiger partial charge in [-0.15, -0.1) is 0 Å². The van der Waals surface area contributed by atoms with E-state index in [4.69, 9.17) is 8.83 Å². The van der Waals surface area contributed by atoms with Gasteiger partial charge < -0.3 is 18.6 Å². The summed E-state index contributed by atoms with van der Waals surface area (Å²) in [6, 6.07) is 83.5. The van der Waals surface area contributed by atoms with Gasteiger partial charge in [0.15, 0.2) is 0 Å². The van der Waals surface area contributed by atoms with Crippen LogP contribution in [0.3, 0.4) is 0 Å². The number of furan rings is 2. The SMILES string of the molecule is CC(C)c1ccc(-c2ccccc2)c(N(c2ccccc2)c2ccc3cc4c(cc3c2)oc2cc3c(cc24)oc2cc4cc(N(c5ccccc5)c5cc(C(C)C)ccc5-c5ccccc5)ccc4cc23)c1. The molecule has 0 atom stereocenters. The summed E-state index contributed by atoms with van der Waals surface area (Å²) < 4.78 is 13.6. The molecule has 0 saturated carbocycles. The van der Waals surface area contributed by atoms with E-state index >= 15 is 0 Å². The van der Waals surface area contributed by atoms with Crippen LogP contribution in [0.2, 0.25) is 0 Å². The van der Waals surface area contributed by atoms with Gasteiger partial charge in [0.1, 0.15) is 22.3 Å². The van der Waals surface area contributed by atoms with Crippen molar-refractivity contribution in [1.82, 2.24) is 0 Å². The number of para-hydroxylation sites is 2. The standard InChI is InChI=1S/C68H52N2O2/c1-43(2)47-27-31-57(45-17-9-5-10-18-45)63(37-47)69(53-21-13-7-14-22-53)55-29-25-49-35-59-61-41-68-62(42-67(61)71-65(59)39-51(49)33-55)60-36-50-26-30-56(34-52(50)40-66(60)72-68)70(54-23-15-8-16-24-54)64-38-48(44(3)4)28-32-58(64)46-19-11-6-12-20-46/h5-44H,1-4H3. The predicted octanol–water partition coefficient (Wildman–Crippen LogP) is 20.3. The molecule has 0 fully saturated rings. The van der Waals surface area contributed by atoms with Gasteiger partial charge in [-0.05, 0) is 153 Å². The first-order valence-electron chi connectivity index (χ1n) is 25.1. The van der Waals surface area contributed by atoms with Gasteiger partial charge >= 0.3 is 0 Å². The van der Waals surface area contributed by atoms with Crippen molar-refractivity contribution in [3.05, 3.63) is 242 Å². The van der Waals surface area contributed by atoms with Crippen molar-refractivity contribution in [3.8, 4) is 22.3 Å². The van der Waals surface area contributed by atoms with Gasteiger partial charge in [0, 0.05) is 55.4 Å². The second kappa shape index (κ2) is 17.5. The largest absolute Gasteiger partial charge is 0.456 e. The number of anilines is 6. The number of hydrogen-bond donors (Lipinski definition) is 0. The zero-order chi connectivity index (χ0) is 48.5. The molecule has 4 heteroatoms. The van der Waals surface area contributed by atoms with E-state index in [0.29, 0.717) is 11.8 Å². The Bertz CT molecular complexity index is 3880. The maximum atomic E-state index is 6.79. The Labute approximate surface area is 419 Å². The molecule has 0 N–H and O–H groups in total. The van der Waals surface area contributed by atoms with Gasteiger partial charge in [-0.25, -0.2) is 0 Å². The fourth-order valence-corrected chi connectivity index (χ4v) is 10.7. The molecule has 4 nitrogen and oxygen atoms in total. The molecule has 0 amide bonds. The van der Waals surface area contributed by atoms with Crippen LogP contribution in [0.5, 0.6) is 0 Å². The first kappa shape index (κ1) is 43.2. The highest BCUT2D eigenvalue weighted by molar-refractivity contribution is 6.18. The summed E-state index contributed by atoms with van der Waals surface area (Å²) in [7, 11) is 0. The molecule has 13 rings (SSSR count). The van der Waals surface area contributed by atoms with Crippen molar-refractivity contribution >= 4 is 99.5 Å². The van der Waals surface area contributed by atoms with Crippen LogP contribution < -0.4 is 9.80 Å². The molecule has 0 spiro atoms. The van der Waals surface area contributed by atoms with E-state index in [2.05, 4.69) is 268 Å². The van der Waals surface area contributed by atoms with Gasteiger partial charge in [-0.3, -0.25) is 0 Å². The minimum atomic E-state index is 0.377. The second-order valence-electron chi connectivity index (χ2n) is 19.7. The molecule has 0 saturated heterocycles. The lowest BCUT2D eigenvalue weighted by atomic mass is 9.95. The van der Waals surface area contributed by atoms with Crippen LogP contribution in [-0.4, -0.2) is 0 Å². The smallest absolute Gasteiger partial charge is 0.136 e. The maximum Gasteiger partial charge on any atom is 0.136 e. The Morgan fingerprint density at radius 1 is 0.292 bits per heavy atom. The number of benzene rings is 11. The highest BCUT2D eigenvalue weighted by atomic mass is 16.3. The zero-order valence-electron chi connectivity index (χ0n) is 40.8. The van der Waals surface area contributed by atoms with Gasteiger partial charge in [-0.2, -0.15) is 0 Å². The van der Waals surface area contributed by atoms with Crippen LogP contribution in [0.1, 0.15) is 50.7 Å². The molecule has 11 aromatic carbocycles. The Hall–Kier alpha value is -8.86. The van der Waals surface area contributed by atoms with E-state index in [1.54, 1.807) is 0 Å². The third kappa shape index (κ3) is 7.55. The molecule has 0 aliphatic carbocycles. The molecule has 0 radical (unpaired) electrons. The minimum absolute atomic E-state index is 0.377. The summed E-state index contributed by atoms with van der Waals surface area (Å²) in [6.07, 6.45) is 0. The van der Waals surface area contributed by atoms with Gasteiger partial charge in [0.05, 0.1) is 11.4 Å². The summed E-state index contributed by atoms with van der Waals surface area (Å²) in [5.41, 5.74) is 17.3. The van der Waals surface area contributed by atoms with Crippen molar-refractivity contribution in [2.24, 2.45) is 0 Å². The monoisotopic (exact) mass is 928 g/mol. The fraction of sp³-hybridized carbons (Fsp3) is 0.0882. The summed E-state index contributed by atoms with van der Waals surface area (Å²) in [4.78, 5) is 4.79. The maximum absolute atomic E-state index is 6.79. The third-order valence-corrected chi connectivity index (χ3v) is 14.5. The summed E-state index contributed by atoms with van der Waals surface area (Å²) in [5.74, 6) is 0.754. The highest BCUT2D eigenvalue weighted by Gasteiger charge is 2.23. The lowest BCUT2D eigenvalue weighted by Gasteiger charge is -2.29. The first-order chi connectivity index (χ1) is 35.3. The lowest BCUT2D eigenvalue weighted by molar-refractivity contribution is 0.664. The second-order valence-corrected chi connectivity index (χ2v) is 19.7. The van der Waals surface area contributed by atoms with Crippen LogP contribution in [-0.2, 0) is 0 Å². The quantitative estimate of drug-likeness (QED) is 0.137. The molecule has 0 bridgehead atoms. The Morgan fingerprint density at radius 2 is 0.653 bits per heavy atom. The first-order valence-corrected chi connectivity index (χ1v) is 25.1. The molecule has 0 aliphatic heterocycles. The van der Waals surface area contributed by atoms with Gasteiger partial charge in [0.2, 0.25) is 0 Å². The Balaban J connectivity index is 0.909. The summed E-state index contributed by atoms with van der Waals surface area (Å²) >= 11 is 0.